The highest BCUT2D eigenvalue weighted by atomic mass is 16.5. The molecule has 0 fully saturated rings. The van der Waals surface area contributed by atoms with Crippen molar-refractivity contribution in [3.8, 4) is 5.75 Å². The van der Waals surface area contributed by atoms with Crippen LogP contribution in [-0.4, -0.2) is 13.2 Å². The van der Waals surface area contributed by atoms with Crippen molar-refractivity contribution in [3.05, 3.63) is 66.2 Å². The smallest absolute Gasteiger partial charge is 0.142 e. The number of benzene rings is 2. The van der Waals surface area contributed by atoms with Crippen molar-refractivity contribution in [2.45, 2.75) is 6.92 Å². The Morgan fingerprint density at radius 2 is 1.74 bits per heavy atom. The zero-order valence-corrected chi connectivity index (χ0v) is 11.2. The van der Waals surface area contributed by atoms with E-state index in [2.05, 4.69) is 29.6 Å². The second kappa shape index (κ2) is 7.27. The van der Waals surface area contributed by atoms with Crippen LogP contribution in [-0.2, 0) is 0 Å². The third-order valence-electron chi connectivity index (χ3n) is 2.71. The van der Waals surface area contributed by atoms with Crippen molar-refractivity contribution in [3.63, 3.8) is 0 Å². The van der Waals surface area contributed by atoms with Crippen molar-refractivity contribution < 1.29 is 4.74 Å². The van der Waals surface area contributed by atoms with E-state index in [4.69, 9.17) is 4.74 Å². The van der Waals surface area contributed by atoms with Crippen molar-refractivity contribution in [2.24, 2.45) is 0 Å². The molecule has 0 spiro atoms. The Labute approximate surface area is 114 Å². The summed E-state index contributed by atoms with van der Waals surface area (Å²) in [5.41, 5.74) is 2.24. The number of ether oxygens (including phenoxy) is 1. The fourth-order valence-electron chi connectivity index (χ4n) is 1.82. The molecule has 0 saturated heterocycles. The molecule has 2 heteroatoms. The average molecular weight is 253 g/mol. The summed E-state index contributed by atoms with van der Waals surface area (Å²) in [5.74, 6) is 0.901. The number of rotatable bonds is 6. The highest BCUT2D eigenvalue weighted by Crippen LogP contribution is 2.23. The van der Waals surface area contributed by atoms with Crippen LogP contribution in [0, 0.1) is 0 Å². The van der Waals surface area contributed by atoms with Crippen LogP contribution in [0.15, 0.2) is 60.7 Å². The first-order valence-electron chi connectivity index (χ1n) is 6.57. The molecule has 0 aliphatic rings. The van der Waals surface area contributed by atoms with Gasteiger partial charge in [-0.3, -0.25) is 0 Å². The Morgan fingerprint density at radius 3 is 2.53 bits per heavy atom. The first kappa shape index (κ1) is 13.2. The van der Waals surface area contributed by atoms with E-state index in [0.29, 0.717) is 6.61 Å². The molecular formula is C17H19NO. The highest BCUT2D eigenvalue weighted by Gasteiger charge is 1.99. The van der Waals surface area contributed by atoms with Gasteiger partial charge >= 0.3 is 0 Å². The van der Waals surface area contributed by atoms with Crippen LogP contribution in [0.2, 0.25) is 0 Å². The predicted octanol–water partition coefficient (Wildman–Crippen LogP) is 4.21. The first-order valence-corrected chi connectivity index (χ1v) is 6.57. The fraction of sp³-hybridized carbons (Fsp3) is 0.176. The lowest BCUT2D eigenvalue weighted by Gasteiger charge is -2.10. The van der Waals surface area contributed by atoms with E-state index in [1.165, 1.54) is 5.56 Å². The normalized spacial score (nSPS) is 10.6. The topological polar surface area (TPSA) is 21.3 Å². The van der Waals surface area contributed by atoms with Gasteiger partial charge in [0.05, 0.1) is 12.3 Å². The van der Waals surface area contributed by atoms with E-state index in [9.17, 15) is 0 Å². The highest BCUT2D eigenvalue weighted by molar-refractivity contribution is 5.57. The lowest BCUT2D eigenvalue weighted by Crippen LogP contribution is -2.01. The molecule has 0 bridgehead atoms. The van der Waals surface area contributed by atoms with Crippen molar-refractivity contribution in [1.29, 1.82) is 0 Å². The van der Waals surface area contributed by atoms with Gasteiger partial charge in [0, 0.05) is 6.54 Å². The van der Waals surface area contributed by atoms with E-state index in [-0.39, 0.29) is 0 Å². The molecule has 0 heterocycles. The van der Waals surface area contributed by atoms with E-state index in [1.54, 1.807) is 0 Å². The predicted molar refractivity (Wildman–Crippen MR) is 81.6 cm³/mol. The van der Waals surface area contributed by atoms with Gasteiger partial charge in [0.2, 0.25) is 0 Å². The van der Waals surface area contributed by atoms with Gasteiger partial charge in [-0.2, -0.15) is 0 Å². The van der Waals surface area contributed by atoms with Crippen molar-refractivity contribution >= 4 is 11.8 Å². The van der Waals surface area contributed by atoms with Gasteiger partial charge in [-0.05, 0) is 24.6 Å². The maximum absolute atomic E-state index is 5.57. The molecule has 0 aliphatic heterocycles. The summed E-state index contributed by atoms with van der Waals surface area (Å²) < 4.78 is 5.57. The average Bonchev–Trinajstić information content (AvgIpc) is 2.47. The Morgan fingerprint density at radius 1 is 1.00 bits per heavy atom. The second-order valence-corrected chi connectivity index (χ2v) is 4.12. The maximum Gasteiger partial charge on any atom is 0.142 e. The Bertz CT molecular complexity index is 520. The molecule has 0 amide bonds. The van der Waals surface area contributed by atoms with Gasteiger partial charge in [0.15, 0.2) is 0 Å². The minimum Gasteiger partial charge on any atom is -0.492 e. The molecule has 19 heavy (non-hydrogen) atoms. The first-order chi connectivity index (χ1) is 9.40. The van der Waals surface area contributed by atoms with Crippen LogP contribution in [0.3, 0.4) is 0 Å². The van der Waals surface area contributed by atoms with E-state index in [1.807, 2.05) is 49.4 Å². The molecule has 2 rings (SSSR count). The summed E-state index contributed by atoms with van der Waals surface area (Å²) in [7, 11) is 0. The molecule has 0 radical (unpaired) electrons. The molecule has 1 N–H and O–H groups in total. The van der Waals surface area contributed by atoms with Gasteiger partial charge in [0.1, 0.15) is 5.75 Å². The molecule has 0 aliphatic carbocycles. The van der Waals surface area contributed by atoms with Crippen LogP contribution in [0.1, 0.15) is 12.5 Å². The summed E-state index contributed by atoms with van der Waals surface area (Å²) >= 11 is 0. The van der Waals surface area contributed by atoms with E-state index in [0.717, 1.165) is 18.0 Å². The van der Waals surface area contributed by atoms with Crippen LogP contribution in [0.4, 0.5) is 5.69 Å². The summed E-state index contributed by atoms with van der Waals surface area (Å²) in [6.07, 6.45) is 4.22. The molecule has 2 nitrogen and oxygen atoms in total. The largest absolute Gasteiger partial charge is 0.492 e. The van der Waals surface area contributed by atoms with Crippen LogP contribution < -0.4 is 10.1 Å². The number of anilines is 1. The Balaban J connectivity index is 1.91. The lowest BCUT2D eigenvalue weighted by atomic mass is 10.2. The zero-order chi connectivity index (χ0) is 13.3. The molecule has 0 saturated carbocycles. The van der Waals surface area contributed by atoms with Crippen LogP contribution >= 0.6 is 0 Å². The van der Waals surface area contributed by atoms with Crippen molar-refractivity contribution in [1.82, 2.24) is 0 Å². The maximum atomic E-state index is 5.57. The molecule has 98 valence electrons. The van der Waals surface area contributed by atoms with Gasteiger partial charge in [-0.25, -0.2) is 0 Å². The second-order valence-electron chi connectivity index (χ2n) is 4.12. The SMILES string of the molecule is CCOc1ccccc1NC/C=C/c1ccccc1. The number of hydrogen-bond acceptors (Lipinski definition) is 2. The third-order valence-corrected chi connectivity index (χ3v) is 2.71. The lowest BCUT2D eigenvalue weighted by molar-refractivity contribution is 0.342. The molecule has 2 aromatic carbocycles. The fourth-order valence-corrected chi connectivity index (χ4v) is 1.82. The van der Waals surface area contributed by atoms with Gasteiger partial charge in [-0.1, -0.05) is 54.6 Å². The molecule has 0 aromatic heterocycles. The van der Waals surface area contributed by atoms with Gasteiger partial charge in [-0.15, -0.1) is 0 Å². The number of para-hydroxylation sites is 2. The number of hydrogen-bond donors (Lipinski definition) is 1. The third kappa shape index (κ3) is 4.18. The molecule has 2 aromatic rings. The zero-order valence-electron chi connectivity index (χ0n) is 11.2. The summed E-state index contributed by atoms with van der Waals surface area (Å²) in [6.45, 7) is 3.45. The quantitative estimate of drug-likeness (QED) is 0.832. The minimum absolute atomic E-state index is 0.679. The molecule has 0 unspecified atom stereocenters. The number of nitrogens with one attached hydrogen (secondary N) is 1. The summed E-state index contributed by atoms with van der Waals surface area (Å²) in [6, 6.07) is 18.3. The standard InChI is InChI=1S/C17H19NO/c1-2-19-17-13-7-6-12-16(17)18-14-8-11-15-9-4-3-5-10-15/h3-13,18H,2,14H2,1H3/b11-8+. The van der Waals surface area contributed by atoms with Gasteiger partial charge < -0.3 is 10.1 Å². The van der Waals surface area contributed by atoms with E-state index >= 15 is 0 Å². The van der Waals surface area contributed by atoms with Crippen LogP contribution in [0.25, 0.3) is 6.08 Å². The summed E-state index contributed by atoms with van der Waals surface area (Å²) in [4.78, 5) is 0. The monoisotopic (exact) mass is 253 g/mol. The molecular weight excluding hydrogens is 234 g/mol. The Hall–Kier alpha value is -2.22. The Kier molecular flexibility index (Phi) is 5.06. The summed E-state index contributed by atoms with van der Waals surface area (Å²) in [5, 5.41) is 3.36. The van der Waals surface area contributed by atoms with Crippen LogP contribution in [0.5, 0.6) is 5.75 Å². The molecule has 0 atom stereocenters. The minimum atomic E-state index is 0.679. The van der Waals surface area contributed by atoms with Crippen molar-refractivity contribution in [2.75, 3.05) is 18.5 Å². The van der Waals surface area contributed by atoms with Gasteiger partial charge in [0.25, 0.3) is 0 Å². The van der Waals surface area contributed by atoms with E-state index < -0.39 is 0 Å².